The molecule has 3 nitrogen and oxygen atoms in total. The molecule has 1 fully saturated rings. The Balaban J connectivity index is 2.35. The third-order valence-electron chi connectivity index (χ3n) is 4.38. The Hall–Kier alpha value is -1.36. The van der Waals surface area contributed by atoms with Gasteiger partial charge in [-0.2, -0.15) is 0 Å². The van der Waals surface area contributed by atoms with Crippen LogP contribution in [0.1, 0.15) is 50.5 Å². The first-order valence-electron chi connectivity index (χ1n) is 8.59. The van der Waals surface area contributed by atoms with Crippen LogP contribution in [0.15, 0.2) is 12.1 Å². The number of alkyl halides is 1. The van der Waals surface area contributed by atoms with Gasteiger partial charge >= 0.3 is 0 Å². The number of hydrogen-bond donors (Lipinski definition) is 1. The molecule has 0 amide bonds. The van der Waals surface area contributed by atoms with Crippen LogP contribution >= 0.6 is 11.6 Å². The van der Waals surface area contributed by atoms with Gasteiger partial charge in [-0.05, 0) is 45.1 Å². The number of nitrogens with zero attached hydrogens (tertiary/aromatic N) is 1. The zero-order valence-corrected chi connectivity index (χ0v) is 14.8. The molecule has 1 N–H and O–H groups in total. The molecule has 0 aromatic heterocycles. The SMILES string of the molecule is CCOC(=N)C(CCCCl)c1cc(N2CCCCC2)c(F)cc1F. The quantitative estimate of drug-likeness (QED) is 0.419. The first kappa shape index (κ1) is 19.0. The van der Waals surface area contributed by atoms with Crippen molar-refractivity contribution in [3.05, 3.63) is 29.3 Å². The molecule has 0 bridgehead atoms. The molecule has 1 aromatic carbocycles. The van der Waals surface area contributed by atoms with E-state index in [2.05, 4.69) is 0 Å². The highest BCUT2D eigenvalue weighted by atomic mass is 35.5. The summed E-state index contributed by atoms with van der Waals surface area (Å²) >= 11 is 5.76. The summed E-state index contributed by atoms with van der Waals surface area (Å²) in [5, 5.41) is 8.09. The maximum absolute atomic E-state index is 14.4. The minimum atomic E-state index is -0.628. The van der Waals surface area contributed by atoms with Crippen molar-refractivity contribution in [2.45, 2.75) is 44.9 Å². The van der Waals surface area contributed by atoms with Crippen molar-refractivity contribution in [1.82, 2.24) is 0 Å². The van der Waals surface area contributed by atoms with Gasteiger partial charge in [-0.15, -0.1) is 11.6 Å². The number of benzene rings is 1. The van der Waals surface area contributed by atoms with Crippen molar-refractivity contribution in [3.63, 3.8) is 0 Å². The van der Waals surface area contributed by atoms with Gasteiger partial charge in [0.2, 0.25) is 0 Å². The minimum Gasteiger partial charge on any atom is -0.481 e. The van der Waals surface area contributed by atoms with Gasteiger partial charge in [-0.25, -0.2) is 8.78 Å². The summed E-state index contributed by atoms with van der Waals surface area (Å²) in [5.41, 5.74) is 0.742. The molecule has 1 aliphatic rings. The monoisotopic (exact) mass is 358 g/mol. The van der Waals surface area contributed by atoms with E-state index >= 15 is 0 Å². The van der Waals surface area contributed by atoms with Crippen LogP contribution in [0.3, 0.4) is 0 Å². The standard InChI is InChI=1S/C18H25ClF2N2O/c1-2-24-18(22)13(7-6-8-19)14-11-17(16(21)12-15(14)20)23-9-4-3-5-10-23/h11-13,22H,2-10H2,1H3. The molecule has 1 aliphatic heterocycles. The summed E-state index contributed by atoms with van der Waals surface area (Å²) < 4.78 is 34.0. The number of hydrogen-bond acceptors (Lipinski definition) is 3. The normalized spacial score (nSPS) is 16.1. The Morgan fingerprint density at radius 2 is 1.96 bits per heavy atom. The van der Waals surface area contributed by atoms with Gasteiger partial charge in [-0.1, -0.05) is 0 Å². The fourth-order valence-electron chi connectivity index (χ4n) is 3.16. The molecule has 1 aromatic rings. The summed E-state index contributed by atoms with van der Waals surface area (Å²) in [6.07, 6.45) is 4.30. The summed E-state index contributed by atoms with van der Waals surface area (Å²) in [6.45, 7) is 3.68. The van der Waals surface area contributed by atoms with E-state index in [1.807, 2.05) is 4.90 Å². The van der Waals surface area contributed by atoms with Crippen LogP contribution in [0.5, 0.6) is 0 Å². The van der Waals surface area contributed by atoms with Gasteiger partial charge in [0, 0.05) is 30.6 Å². The second-order valence-electron chi connectivity index (χ2n) is 6.05. The van der Waals surface area contributed by atoms with Gasteiger partial charge in [0.1, 0.15) is 11.6 Å². The van der Waals surface area contributed by atoms with Crippen LogP contribution in [0.25, 0.3) is 0 Å². The van der Waals surface area contributed by atoms with Crippen LogP contribution in [0, 0.1) is 17.0 Å². The lowest BCUT2D eigenvalue weighted by atomic mass is 9.92. The molecule has 6 heteroatoms. The Morgan fingerprint density at radius 1 is 1.25 bits per heavy atom. The number of nitrogens with one attached hydrogen (secondary N) is 1. The van der Waals surface area contributed by atoms with Crippen LogP contribution in [0.2, 0.25) is 0 Å². The van der Waals surface area contributed by atoms with E-state index in [1.54, 1.807) is 13.0 Å². The number of rotatable bonds is 7. The second-order valence-corrected chi connectivity index (χ2v) is 6.43. The van der Waals surface area contributed by atoms with E-state index in [-0.39, 0.29) is 5.90 Å². The van der Waals surface area contributed by atoms with Gasteiger partial charge in [0.05, 0.1) is 18.2 Å². The summed E-state index contributed by atoms with van der Waals surface area (Å²) in [4.78, 5) is 1.96. The van der Waals surface area contributed by atoms with Gasteiger partial charge < -0.3 is 9.64 Å². The van der Waals surface area contributed by atoms with Crippen molar-refractivity contribution >= 4 is 23.2 Å². The van der Waals surface area contributed by atoms with Crippen molar-refractivity contribution in [2.75, 3.05) is 30.5 Å². The fourth-order valence-corrected chi connectivity index (χ4v) is 3.32. The molecule has 134 valence electrons. The molecule has 1 unspecified atom stereocenters. The zero-order chi connectivity index (χ0) is 17.5. The average molecular weight is 359 g/mol. The largest absolute Gasteiger partial charge is 0.481 e. The topological polar surface area (TPSA) is 36.3 Å². The highest BCUT2D eigenvalue weighted by Gasteiger charge is 2.25. The molecule has 1 saturated heterocycles. The Bertz CT molecular complexity index is 562. The summed E-state index contributed by atoms with van der Waals surface area (Å²) in [6, 6.07) is 2.49. The number of ether oxygens (including phenoxy) is 1. The van der Waals surface area contributed by atoms with E-state index in [0.717, 1.165) is 38.4 Å². The molecule has 0 spiro atoms. The first-order valence-corrected chi connectivity index (χ1v) is 9.13. The van der Waals surface area contributed by atoms with Gasteiger partial charge in [-0.3, -0.25) is 5.41 Å². The third-order valence-corrected chi connectivity index (χ3v) is 4.65. The Kier molecular flexibility index (Phi) is 7.28. The maximum atomic E-state index is 14.4. The first-order chi connectivity index (χ1) is 11.6. The molecule has 0 radical (unpaired) electrons. The smallest absolute Gasteiger partial charge is 0.188 e. The number of anilines is 1. The third kappa shape index (κ3) is 4.59. The van der Waals surface area contributed by atoms with E-state index in [0.29, 0.717) is 36.6 Å². The fraction of sp³-hybridized carbons (Fsp3) is 0.611. The molecule has 1 atom stereocenters. The van der Waals surface area contributed by atoms with Crippen molar-refractivity contribution in [3.8, 4) is 0 Å². The van der Waals surface area contributed by atoms with Crippen LogP contribution in [-0.2, 0) is 4.74 Å². The molecule has 1 heterocycles. The summed E-state index contributed by atoms with van der Waals surface area (Å²) in [5.74, 6) is -1.27. The highest BCUT2D eigenvalue weighted by molar-refractivity contribution is 6.17. The molecule has 2 rings (SSSR count). The lowest BCUT2D eigenvalue weighted by Crippen LogP contribution is -2.30. The molecule has 0 saturated carbocycles. The van der Waals surface area contributed by atoms with Gasteiger partial charge in [0.25, 0.3) is 0 Å². The predicted octanol–water partition coefficient (Wildman–Crippen LogP) is 5.07. The Morgan fingerprint density at radius 3 is 2.58 bits per heavy atom. The average Bonchev–Trinajstić information content (AvgIpc) is 2.58. The molecular weight excluding hydrogens is 334 g/mol. The van der Waals surface area contributed by atoms with E-state index in [4.69, 9.17) is 21.7 Å². The van der Waals surface area contributed by atoms with Crippen LogP contribution in [-0.4, -0.2) is 31.5 Å². The lowest BCUT2D eigenvalue weighted by Gasteiger charge is -2.30. The van der Waals surface area contributed by atoms with Crippen LogP contribution in [0.4, 0.5) is 14.5 Å². The van der Waals surface area contributed by atoms with Crippen molar-refractivity contribution in [1.29, 1.82) is 5.41 Å². The second kappa shape index (κ2) is 9.21. The molecular formula is C18H25ClF2N2O. The number of piperidine rings is 1. The van der Waals surface area contributed by atoms with E-state index < -0.39 is 17.6 Å². The Labute approximate surface area is 147 Å². The predicted molar refractivity (Wildman–Crippen MR) is 94.5 cm³/mol. The lowest BCUT2D eigenvalue weighted by molar-refractivity contribution is 0.304. The zero-order valence-electron chi connectivity index (χ0n) is 14.1. The van der Waals surface area contributed by atoms with Gasteiger partial charge in [0.15, 0.2) is 5.90 Å². The molecule has 0 aliphatic carbocycles. The number of halogens is 3. The van der Waals surface area contributed by atoms with E-state index in [1.165, 1.54) is 0 Å². The summed E-state index contributed by atoms with van der Waals surface area (Å²) in [7, 11) is 0. The molecule has 24 heavy (non-hydrogen) atoms. The maximum Gasteiger partial charge on any atom is 0.188 e. The highest BCUT2D eigenvalue weighted by Crippen LogP contribution is 2.32. The van der Waals surface area contributed by atoms with Crippen molar-refractivity contribution < 1.29 is 13.5 Å². The van der Waals surface area contributed by atoms with Crippen molar-refractivity contribution in [2.24, 2.45) is 0 Å². The van der Waals surface area contributed by atoms with Crippen LogP contribution < -0.4 is 4.90 Å². The minimum absolute atomic E-state index is 0.0118. The van der Waals surface area contributed by atoms with E-state index in [9.17, 15) is 8.78 Å².